The van der Waals surface area contributed by atoms with Crippen LogP contribution in [0.15, 0.2) is 36.7 Å². The predicted molar refractivity (Wildman–Crippen MR) is 97.7 cm³/mol. The second kappa shape index (κ2) is 8.99. The maximum Gasteiger partial charge on any atom is 0.122 e. The van der Waals surface area contributed by atoms with Gasteiger partial charge in [0.1, 0.15) is 12.4 Å². The maximum absolute atomic E-state index is 8.95. The number of hydrogen-bond donors (Lipinski definition) is 1. The molecule has 0 saturated carbocycles. The van der Waals surface area contributed by atoms with E-state index in [4.69, 9.17) is 9.84 Å². The van der Waals surface area contributed by atoms with Crippen LogP contribution in [0.25, 0.3) is 0 Å². The Morgan fingerprint density at radius 1 is 1.08 bits per heavy atom. The van der Waals surface area contributed by atoms with Crippen molar-refractivity contribution < 1.29 is 9.84 Å². The highest BCUT2D eigenvalue weighted by Crippen LogP contribution is 2.16. The Balaban J connectivity index is 1.36. The summed E-state index contributed by atoms with van der Waals surface area (Å²) in [6.45, 7) is 9.68. The first kappa shape index (κ1) is 17.9. The Bertz CT molecular complexity index is 650. The molecule has 1 aromatic heterocycles. The van der Waals surface area contributed by atoms with E-state index >= 15 is 0 Å². The molecule has 0 aliphatic carbocycles. The number of piperazine rings is 1. The van der Waals surface area contributed by atoms with Gasteiger partial charge >= 0.3 is 0 Å². The van der Waals surface area contributed by atoms with E-state index in [1.165, 1.54) is 11.1 Å². The van der Waals surface area contributed by atoms with Gasteiger partial charge in [0.25, 0.3) is 0 Å². The minimum atomic E-state index is 0.129. The zero-order valence-corrected chi connectivity index (χ0v) is 15.0. The largest absolute Gasteiger partial charge is 0.492 e. The lowest BCUT2D eigenvalue weighted by Crippen LogP contribution is -2.46. The Hall–Kier alpha value is -1.89. The zero-order valence-electron chi connectivity index (χ0n) is 15.0. The van der Waals surface area contributed by atoms with E-state index in [1.54, 1.807) is 4.68 Å². The number of para-hydroxylation sites is 1. The minimum Gasteiger partial charge on any atom is -0.492 e. The smallest absolute Gasteiger partial charge is 0.122 e. The Morgan fingerprint density at radius 3 is 2.60 bits per heavy atom. The molecule has 2 aromatic rings. The van der Waals surface area contributed by atoms with Crippen molar-refractivity contribution in [3.63, 3.8) is 0 Å². The van der Waals surface area contributed by atoms with Gasteiger partial charge in [-0.25, -0.2) is 0 Å². The van der Waals surface area contributed by atoms with Gasteiger partial charge in [0.15, 0.2) is 0 Å². The van der Waals surface area contributed by atoms with Gasteiger partial charge in [-0.05, 0) is 18.6 Å². The van der Waals surface area contributed by atoms with Crippen LogP contribution >= 0.6 is 0 Å². The average molecular weight is 344 g/mol. The molecule has 1 saturated heterocycles. The van der Waals surface area contributed by atoms with E-state index in [2.05, 4.69) is 27.9 Å². The van der Waals surface area contributed by atoms with Crippen LogP contribution in [0.1, 0.15) is 11.1 Å². The van der Waals surface area contributed by atoms with Gasteiger partial charge < -0.3 is 9.84 Å². The third kappa shape index (κ3) is 5.29. The molecule has 0 bridgehead atoms. The van der Waals surface area contributed by atoms with Crippen molar-refractivity contribution in [2.75, 3.05) is 45.9 Å². The van der Waals surface area contributed by atoms with Gasteiger partial charge in [-0.15, -0.1) is 0 Å². The highest BCUT2D eigenvalue weighted by Gasteiger charge is 2.17. The first-order valence-electron chi connectivity index (χ1n) is 9.00. The van der Waals surface area contributed by atoms with Gasteiger partial charge in [-0.1, -0.05) is 18.2 Å². The molecule has 25 heavy (non-hydrogen) atoms. The first-order valence-corrected chi connectivity index (χ1v) is 9.00. The fraction of sp³-hybridized carbons (Fsp3) is 0.526. The van der Waals surface area contributed by atoms with Crippen molar-refractivity contribution in [2.45, 2.75) is 20.0 Å². The molecule has 1 N–H and O–H groups in total. The molecule has 0 amide bonds. The van der Waals surface area contributed by atoms with E-state index < -0.39 is 0 Å². The molecule has 136 valence electrons. The number of hydrogen-bond acceptors (Lipinski definition) is 5. The van der Waals surface area contributed by atoms with E-state index in [-0.39, 0.29) is 6.61 Å². The fourth-order valence-corrected chi connectivity index (χ4v) is 3.15. The van der Waals surface area contributed by atoms with E-state index in [9.17, 15) is 0 Å². The van der Waals surface area contributed by atoms with Crippen LogP contribution < -0.4 is 4.74 Å². The van der Waals surface area contributed by atoms with Crippen molar-refractivity contribution in [1.82, 2.24) is 19.6 Å². The number of ether oxygens (including phenoxy) is 1. The lowest BCUT2D eigenvalue weighted by Gasteiger charge is -2.34. The van der Waals surface area contributed by atoms with Crippen LogP contribution in [-0.4, -0.2) is 70.6 Å². The lowest BCUT2D eigenvalue weighted by atomic mass is 10.2. The van der Waals surface area contributed by atoms with Gasteiger partial charge in [-0.2, -0.15) is 5.10 Å². The predicted octanol–water partition coefficient (Wildman–Crippen LogP) is 1.38. The van der Waals surface area contributed by atoms with E-state index in [1.807, 2.05) is 30.6 Å². The van der Waals surface area contributed by atoms with Crippen LogP contribution in [0, 0.1) is 6.92 Å². The molecular formula is C19H28N4O2. The Labute approximate surface area is 149 Å². The Morgan fingerprint density at radius 2 is 1.84 bits per heavy atom. The molecule has 0 radical (unpaired) electrons. The number of benzene rings is 1. The lowest BCUT2D eigenvalue weighted by molar-refractivity contribution is 0.112. The quantitative estimate of drug-likeness (QED) is 0.784. The van der Waals surface area contributed by atoms with Crippen LogP contribution in [0.5, 0.6) is 5.75 Å². The number of rotatable bonds is 8. The topological polar surface area (TPSA) is 53.8 Å². The summed E-state index contributed by atoms with van der Waals surface area (Å²) < 4.78 is 7.70. The second-order valence-corrected chi connectivity index (χ2v) is 6.57. The molecule has 1 fully saturated rings. The molecule has 6 nitrogen and oxygen atoms in total. The number of nitrogens with zero attached hydrogens (tertiary/aromatic N) is 4. The third-order valence-corrected chi connectivity index (χ3v) is 4.65. The molecular weight excluding hydrogens is 316 g/mol. The molecule has 1 aromatic carbocycles. The normalized spacial score (nSPS) is 16.2. The fourth-order valence-electron chi connectivity index (χ4n) is 3.15. The number of aryl methyl sites for hydroxylation is 1. The molecule has 1 aliphatic rings. The first-order chi connectivity index (χ1) is 12.2. The highest BCUT2D eigenvalue weighted by molar-refractivity contribution is 5.31. The van der Waals surface area contributed by atoms with Crippen molar-refractivity contribution in [3.05, 3.63) is 47.8 Å². The Kier molecular flexibility index (Phi) is 6.44. The molecule has 0 unspecified atom stereocenters. The number of aromatic nitrogens is 2. The SMILES string of the molecule is Cc1ccccc1OCCN1CCN(Cc2cnn(CCO)c2)CC1. The van der Waals surface area contributed by atoms with Crippen LogP contribution in [0.4, 0.5) is 0 Å². The van der Waals surface area contributed by atoms with E-state index in [0.717, 1.165) is 51.6 Å². The summed E-state index contributed by atoms with van der Waals surface area (Å²) in [5.74, 6) is 0.987. The monoisotopic (exact) mass is 344 g/mol. The van der Waals surface area contributed by atoms with Crippen molar-refractivity contribution >= 4 is 0 Å². The zero-order chi connectivity index (χ0) is 17.5. The molecule has 6 heteroatoms. The maximum atomic E-state index is 8.95. The molecule has 0 spiro atoms. The molecule has 3 rings (SSSR count). The van der Waals surface area contributed by atoms with Gasteiger partial charge in [0.05, 0.1) is 19.3 Å². The summed E-state index contributed by atoms with van der Waals surface area (Å²) >= 11 is 0. The summed E-state index contributed by atoms with van der Waals surface area (Å²) in [4.78, 5) is 4.92. The van der Waals surface area contributed by atoms with Crippen molar-refractivity contribution in [3.8, 4) is 5.75 Å². The van der Waals surface area contributed by atoms with Crippen LogP contribution in [0.3, 0.4) is 0 Å². The average Bonchev–Trinajstić information content (AvgIpc) is 3.06. The van der Waals surface area contributed by atoms with Gasteiger partial charge in [0, 0.05) is 51.0 Å². The van der Waals surface area contributed by atoms with Crippen molar-refractivity contribution in [1.29, 1.82) is 0 Å². The molecule has 0 atom stereocenters. The van der Waals surface area contributed by atoms with Crippen LogP contribution in [0.2, 0.25) is 0 Å². The summed E-state index contributed by atoms with van der Waals surface area (Å²) in [5, 5.41) is 13.2. The summed E-state index contributed by atoms with van der Waals surface area (Å²) in [6.07, 6.45) is 3.93. The molecule has 2 heterocycles. The summed E-state index contributed by atoms with van der Waals surface area (Å²) in [7, 11) is 0. The second-order valence-electron chi connectivity index (χ2n) is 6.57. The summed E-state index contributed by atoms with van der Waals surface area (Å²) in [5.41, 5.74) is 2.40. The molecule has 1 aliphatic heterocycles. The highest BCUT2D eigenvalue weighted by atomic mass is 16.5. The van der Waals surface area contributed by atoms with Gasteiger partial charge in [0.2, 0.25) is 0 Å². The van der Waals surface area contributed by atoms with E-state index in [0.29, 0.717) is 6.54 Å². The third-order valence-electron chi connectivity index (χ3n) is 4.65. The number of aliphatic hydroxyl groups is 1. The van der Waals surface area contributed by atoms with Gasteiger partial charge in [-0.3, -0.25) is 14.5 Å². The minimum absolute atomic E-state index is 0.129. The number of aliphatic hydroxyl groups excluding tert-OH is 1. The summed E-state index contributed by atoms with van der Waals surface area (Å²) in [6, 6.07) is 8.17. The standard InChI is InChI=1S/C19H28N4O2/c1-17-4-2-3-5-19(17)25-13-11-21-6-8-22(9-7-21)15-18-14-20-23(16-18)10-12-24/h2-5,14,16,24H,6-13,15H2,1H3. The van der Waals surface area contributed by atoms with Crippen molar-refractivity contribution in [2.24, 2.45) is 0 Å². The van der Waals surface area contributed by atoms with Crippen LogP contribution in [-0.2, 0) is 13.1 Å².